The quantitative estimate of drug-likeness (QED) is 0.0195. The molecular formula is C86H157NO8. The summed E-state index contributed by atoms with van der Waals surface area (Å²) >= 11 is 0. The second kappa shape index (κ2) is 76.5. The Morgan fingerprint density at radius 1 is 0.326 bits per heavy atom. The molecule has 0 rings (SSSR count). The minimum atomic E-state index is -1.62. The summed E-state index contributed by atoms with van der Waals surface area (Å²) in [5, 5.41) is 11.9. The average molecular weight is 1330 g/mol. The highest BCUT2D eigenvalue weighted by Crippen LogP contribution is 2.20. The van der Waals surface area contributed by atoms with E-state index < -0.39 is 24.3 Å². The fourth-order valence-corrected chi connectivity index (χ4v) is 12.2. The summed E-state index contributed by atoms with van der Waals surface area (Å²) in [4.78, 5) is 37.6. The van der Waals surface area contributed by atoms with Gasteiger partial charge in [0.05, 0.1) is 40.3 Å². The van der Waals surface area contributed by atoms with Crippen LogP contribution in [0.25, 0.3) is 0 Å². The summed E-state index contributed by atoms with van der Waals surface area (Å²) in [6.07, 6.45) is 100. The van der Waals surface area contributed by atoms with E-state index in [0.29, 0.717) is 23.9 Å². The summed E-state index contributed by atoms with van der Waals surface area (Å²) in [6, 6.07) is 0. The van der Waals surface area contributed by atoms with Gasteiger partial charge < -0.3 is 33.3 Å². The van der Waals surface area contributed by atoms with E-state index in [9.17, 15) is 19.5 Å². The molecule has 0 aromatic carbocycles. The molecule has 2 atom stereocenters. The van der Waals surface area contributed by atoms with Crippen LogP contribution in [0.15, 0.2) is 72.9 Å². The van der Waals surface area contributed by atoms with Crippen LogP contribution >= 0.6 is 0 Å². The number of ether oxygens (including phenoxy) is 4. The van der Waals surface area contributed by atoms with Crippen LogP contribution in [0.2, 0.25) is 0 Å². The maximum atomic E-state index is 13.0. The van der Waals surface area contributed by atoms with E-state index >= 15 is 0 Å². The molecule has 95 heavy (non-hydrogen) atoms. The van der Waals surface area contributed by atoms with E-state index in [2.05, 4.69) is 86.8 Å². The molecule has 2 unspecified atom stereocenters. The van der Waals surface area contributed by atoms with Crippen LogP contribution in [0.3, 0.4) is 0 Å². The normalized spacial score (nSPS) is 13.0. The number of hydrogen-bond donors (Lipinski definition) is 0. The molecule has 554 valence electrons. The monoisotopic (exact) mass is 1330 g/mol. The second-order valence-corrected chi connectivity index (χ2v) is 29.0. The van der Waals surface area contributed by atoms with Crippen LogP contribution in [0.4, 0.5) is 0 Å². The lowest BCUT2D eigenvalue weighted by atomic mass is 10.0. The molecule has 0 amide bonds. The first kappa shape index (κ1) is 91.7. The molecule has 0 saturated carbocycles. The zero-order valence-corrected chi connectivity index (χ0v) is 63.6. The molecule has 0 fully saturated rings. The van der Waals surface area contributed by atoms with Crippen molar-refractivity contribution in [3.8, 4) is 0 Å². The number of hydrogen-bond acceptors (Lipinski definition) is 8. The van der Waals surface area contributed by atoms with Crippen LogP contribution in [-0.2, 0) is 33.3 Å². The molecular weight excluding hydrogens is 1170 g/mol. The molecule has 0 N–H and O–H groups in total. The number of carboxylic acids is 1. The van der Waals surface area contributed by atoms with Crippen LogP contribution in [-0.4, -0.2) is 82.3 Å². The maximum absolute atomic E-state index is 13.0. The van der Waals surface area contributed by atoms with Crippen molar-refractivity contribution in [3.05, 3.63) is 72.9 Å². The molecule has 0 spiro atoms. The fraction of sp³-hybridized carbons (Fsp3) is 0.826. The Morgan fingerprint density at radius 3 is 0.905 bits per heavy atom. The lowest BCUT2D eigenvalue weighted by Crippen LogP contribution is -2.44. The summed E-state index contributed by atoms with van der Waals surface area (Å²) in [5.74, 6) is -2.26. The van der Waals surface area contributed by atoms with E-state index in [1.54, 1.807) is 0 Å². The number of quaternary nitrogens is 1. The van der Waals surface area contributed by atoms with Crippen LogP contribution in [0, 0.1) is 0 Å². The minimum Gasteiger partial charge on any atom is -0.545 e. The van der Waals surface area contributed by atoms with Gasteiger partial charge in [-0.25, -0.2) is 0 Å². The lowest BCUT2D eigenvalue weighted by Gasteiger charge is -2.26. The summed E-state index contributed by atoms with van der Waals surface area (Å²) in [5.41, 5.74) is 0. The summed E-state index contributed by atoms with van der Waals surface area (Å²) < 4.78 is 22.9. The number of carbonyl (C=O) groups is 3. The van der Waals surface area contributed by atoms with Gasteiger partial charge in [0.2, 0.25) is 0 Å². The third-order valence-electron chi connectivity index (χ3n) is 18.4. The van der Waals surface area contributed by atoms with Crippen molar-refractivity contribution in [3.63, 3.8) is 0 Å². The molecule has 9 heteroatoms. The van der Waals surface area contributed by atoms with Crippen molar-refractivity contribution in [2.24, 2.45) is 0 Å². The van der Waals surface area contributed by atoms with Gasteiger partial charge in [0, 0.05) is 12.8 Å². The van der Waals surface area contributed by atoms with Gasteiger partial charge in [-0.15, -0.1) is 0 Å². The van der Waals surface area contributed by atoms with Crippen LogP contribution in [0.5, 0.6) is 0 Å². The molecule has 0 bridgehead atoms. The molecule has 0 aromatic heterocycles. The first-order valence-electron chi connectivity index (χ1n) is 41.1. The van der Waals surface area contributed by atoms with E-state index in [-0.39, 0.29) is 32.2 Å². The number of aliphatic carboxylic acids is 1. The topological polar surface area (TPSA) is 111 Å². The van der Waals surface area contributed by atoms with Crippen molar-refractivity contribution >= 4 is 17.9 Å². The Hall–Kier alpha value is -3.27. The highest BCUT2D eigenvalue weighted by Gasteiger charge is 2.22. The Balaban J connectivity index is 3.94. The summed E-state index contributed by atoms with van der Waals surface area (Å²) in [6.45, 7) is 4.69. The molecule has 0 aliphatic rings. The number of esters is 2. The molecule has 9 nitrogen and oxygen atoms in total. The van der Waals surface area contributed by atoms with E-state index in [0.717, 1.165) is 70.6 Å². The Morgan fingerprint density at radius 2 is 0.600 bits per heavy atom. The van der Waals surface area contributed by atoms with Gasteiger partial charge in [-0.1, -0.05) is 376 Å². The zero-order chi connectivity index (χ0) is 69.0. The van der Waals surface area contributed by atoms with Gasteiger partial charge in [0.15, 0.2) is 12.4 Å². The highest BCUT2D eigenvalue weighted by molar-refractivity contribution is 5.70. The second-order valence-electron chi connectivity index (χ2n) is 29.0. The third kappa shape index (κ3) is 77.9. The molecule has 0 aliphatic heterocycles. The number of rotatable bonds is 77. The fourth-order valence-electron chi connectivity index (χ4n) is 12.2. The van der Waals surface area contributed by atoms with Gasteiger partial charge in [-0.2, -0.15) is 0 Å². The number of allylic oxidation sites excluding steroid dienone is 12. The maximum Gasteiger partial charge on any atom is 0.306 e. The van der Waals surface area contributed by atoms with E-state index in [1.807, 2.05) is 21.1 Å². The summed E-state index contributed by atoms with van der Waals surface area (Å²) in [7, 11) is 5.95. The van der Waals surface area contributed by atoms with Gasteiger partial charge in [0.25, 0.3) is 0 Å². The lowest BCUT2D eigenvalue weighted by molar-refractivity contribution is -0.870. The van der Waals surface area contributed by atoms with Gasteiger partial charge in [-0.3, -0.25) is 9.59 Å². The Bertz CT molecular complexity index is 1790. The largest absolute Gasteiger partial charge is 0.545 e. The number of carboxylic acid groups (broad SMARTS) is 1. The molecule has 0 radical (unpaired) electrons. The van der Waals surface area contributed by atoms with Crippen molar-refractivity contribution in [2.75, 3.05) is 47.5 Å². The molecule has 0 heterocycles. The van der Waals surface area contributed by atoms with Crippen molar-refractivity contribution in [1.29, 1.82) is 0 Å². The van der Waals surface area contributed by atoms with Crippen molar-refractivity contribution in [2.45, 2.75) is 411 Å². The predicted molar refractivity (Wildman–Crippen MR) is 408 cm³/mol. The van der Waals surface area contributed by atoms with Crippen LogP contribution < -0.4 is 5.11 Å². The SMILES string of the molecule is CC/C=C\C/C=C\C/C=C\C/C=C\C/C=C\CCCCCCCCCCCCCCCC(=O)OC(COC(=O)CCCCCCCCCCCCCCCCCCCCCCCCCCCCCCC/C=C\CCCCCCCCCC)COC(OCC[N+](C)(C)C)C(=O)[O-]. The van der Waals surface area contributed by atoms with E-state index in [1.165, 1.54) is 295 Å². The van der Waals surface area contributed by atoms with Gasteiger partial charge in [0.1, 0.15) is 13.2 Å². The van der Waals surface area contributed by atoms with Crippen molar-refractivity contribution < 1.29 is 42.9 Å². The number of likely N-dealkylation sites (N-methyl/N-ethyl adjacent to an activating group) is 1. The third-order valence-corrected chi connectivity index (χ3v) is 18.4. The number of nitrogens with zero attached hydrogens (tertiary/aromatic N) is 1. The van der Waals surface area contributed by atoms with E-state index in [4.69, 9.17) is 18.9 Å². The number of unbranched alkanes of at least 4 members (excludes halogenated alkanes) is 50. The van der Waals surface area contributed by atoms with Gasteiger partial charge in [-0.05, 0) is 83.5 Å². The van der Waals surface area contributed by atoms with Crippen LogP contribution in [0.1, 0.15) is 399 Å². The average Bonchev–Trinajstić information content (AvgIpc) is 2.86. The standard InChI is InChI=1S/C86H157NO8/c1-6-8-10-12-14-16-18-20-22-24-26-28-30-32-34-36-37-38-39-40-41-42-43-44-45-46-47-49-50-52-54-56-58-60-62-64-66-68-70-72-74-76-83(88)93-80-82(81-94-86(85(90)91)92-79-78-87(3,4)5)95-84(89)77-75-73-71-69-67-65-63-61-59-57-55-53-51-48-35-33-31-29-27-25-23-21-19-17-15-13-11-9-7-2/h9,11,15,17,21,23-24,26-27,29,33,35,82,86H,6-8,10,12-14,16,18-20,22,25,28,30-32,34,36-81H2,1-5H3/b11-9-,17-15-,23-21-,26-24-,29-27-,35-33-. The highest BCUT2D eigenvalue weighted by atomic mass is 16.7. The predicted octanol–water partition coefficient (Wildman–Crippen LogP) is 25.0. The number of carbonyl (C=O) groups excluding carboxylic acids is 3. The zero-order valence-electron chi connectivity index (χ0n) is 63.6. The smallest absolute Gasteiger partial charge is 0.306 e. The van der Waals surface area contributed by atoms with Gasteiger partial charge >= 0.3 is 11.9 Å². The first-order valence-corrected chi connectivity index (χ1v) is 41.1. The molecule has 0 aliphatic carbocycles. The minimum absolute atomic E-state index is 0.148. The van der Waals surface area contributed by atoms with Crippen molar-refractivity contribution in [1.82, 2.24) is 0 Å². The Kier molecular flexibility index (Phi) is 73.9. The molecule has 0 aromatic rings. The Labute approximate surface area is 589 Å². The first-order chi connectivity index (χ1) is 46.6. The molecule has 0 saturated heterocycles.